The van der Waals surface area contributed by atoms with Crippen molar-refractivity contribution in [1.29, 1.82) is 0 Å². The number of anilines is 2. The maximum Gasteiger partial charge on any atom is 0.255 e. The summed E-state index contributed by atoms with van der Waals surface area (Å²) in [7, 11) is 0. The quantitative estimate of drug-likeness (QED) is 0.389. The summed E-state index contributed by atoms with van der Waals surface area (Å²) in [5, 5.41) is 28.4. The summed E-state index contributed by atoms with van der Waals surface area (Å²) in [5.41, 5.74) is -0.236. The van der Waals surface area contributed by atoms with Gasteiger partial charge in [-0.25, -0.2) is 8.78 Å². The minimum absolute atomic E-state index is 0.0913. The second kappa shape index (κ2) is 10.7. The van der Waals surface area contributed by atoms with Crippen molar-refractivity contribution < 1.29 is 38.2 Å². The molecule has 10 heteroatoms. The fourth-order valence-corrected chi connectivity index (χ4v) is 3.59. The lowest BCUT2D eigenvalue weighted by Crippen LogP contribution is -2.25. The van der Waals surface area contributed by atoms with Gasteiger partial charge in [0.1, 0.15) is 11.6 Å². The third kappa shape index (κ3) is 5.71. The number of aromatic carboxylic acids is 2. The molecule has 4 aromatic carbocycles. The Morgan fingerprint density at radius 2 is 0.868 bits per heavy atom. The molecule has 0 aliphatic carbocycles. The van der Waals surface area contributed by atoms with Gasteiger partial charge >= 0.3 is 0 Å². The van der Waals surface area contributed by atoms with E-state index in [0.29, 0.717) is 0 Å². The van der Waals surface area contributed by atoms with Crippen LogP contribution in [-0.2, 0) is 0 Å². The number of halogens is 2. The van der Waals surface area contributed by atoms with Crippen LogP contribution in [0, 0.1) is 11.6 Å². The molecule has 0 aromatic heterocycles. The molecule has 0 aliphatic heterocycles. The molecule has 0 saturated heterocycles. The zero-order valence-electron chi connectivity index (χ0n) is 19.3. The average molecular weight is 514 g/mol. The molecular formula is C28H16F2N2O6-2. The maximum absolute atomic E-state index is 13.1. The van der Waals surface area contributed by atoms with Crippen molar-refractivity contribution in [2.75, 3.05) is 10.6 Å². The lowest BCUT2D eigenvalue weighted by Gasteiger charge is -2.16. The lowest BCUT2D eigenvalue weighted by molar-refractivity contribution is -0.256. The highest BCUT2D eigenvalue weighted by atomic mass is 19.1. The van der Waals surface area contributed by atoms with Crippen LogP contribution >= 0.6 is 0 Å². The van der Waals surface area contributed by atoms with Crippen molar-refractivity contribution in [2.24, 2.45) is 0 Å². The summed E-state index contributed by atoms with van der Waals surface area (Å²) in [5.74, 6) is -5.66. The van der Waals surface area contributed by atoms with E-state index in [0.717, 1.165) is 24.3 Å². The topological polar surface area (TPSA) is 138 Å². The van der Waals surface area contributed by atoms with Gasteiger partial charge in [0, 0.05) is 22.3 Å². The molecule has 4 rings (SSSR count). The van der Waals surface area contributed by atoms with Gasteiger partial charge in [0.15, 0.2) is 0 Å². The molecule has 0 saturated carbocycles. The number of carbonyl (C=O) groups is 4. The molecule has 0 aliphatic rings. The van der Waals surface area contributed by atoms with Crippen LogP contribution in [0.2, 0.25) is 0 Å². The first-order valence-corrected chi connectivity index (χ1v) is 11.0. The van der Waals surface area contributed by atoms with Gasteiger partial charge < -0.3 is 30.4 Å². The van der Waals surface area contributed by atoms with E-state index in [1.165, 1.54) is 60.7 Å². The van der Waals surface area contributed by atoms with Gasteiger partial charge in [0.05, 0.1) is 23.3 Å². The molecule has 4 aromatic rings. The van der Waals surface area contributed by atoms with Gasteiger partial charge in [0.25, 0.3) is 11.8 Å². The van der Waals surface area contributed by atoms with Crippen LogP contribution in [0.5, 0.6) is 0 Å². The number of hydrogen-bond donors (Lipinski definition) is 2. The van der Waals surface area contributed by atoms with Crippen LogP contribution < -0.4 is 20.8 Å². The summed E-state index contributed by atoms with van der Waals surface area (Å²) in [4.78, 5) is 48.5. The summed E-state index contributed by atoms with van der Waals surface area (Å²) in [6.07, 6.45) is 0. The van der Waals surface area contributed by atoms with E-state index in [1.807, 2.05) is 0 Å². The fourth-order valence-electron chi connectivity index (χ4n) is 3.59. The molecule has 0 fully saturated rings. The van der Waals surface area contributed by atoms with Crippen molar-refractivity contribution in [3.05, 3.63) is 119 Å². The van der Waals surface area contributed by atoms with Gasteiger partial charge in [0.2, 0.25) is 0 Å². The zero-order valence-corrected chi connectivity index (χ0v) is 19.3. The molecule has 0 radical (unpaired) electrons. The Bertz CT molecular complexity index is 1450. The largest absolute Gasteiger partial charge is 0.545 e. The van der Waals surface area contributed by atoms with Gasteiger partial charge in [-0.3, -0.25) is 9.59 Å². The highest BCUT2D eigenvalue weighted by molar-refractivity contribution is 6.09. The smallest absolute Gasteiger partial charge is 0.255 e. The molecule has 2 amide bonds. The Morgan fingerprint density at radius 1 is 0.526 bits per heavy atom. The Morgan fingerprint density at radius 3 is 1.18 bits per heavy atom. The van der Waals surface area contributed by atoms with Crippen LogP contribution in [0.25, 0.3) is 11.1 Å². The lowest BCUT2D eigenvalue weighted by atomic mass is 9.98. The van der Waals surface area contributed by atoms with Crippen LogP contribution in [0.15, 0.2) is 84.9 Å². The van der Waals surface area contributed by atoms with Gasteiger partial charge in [-0.1, -0.05) is 12.1 Å². The van der Waals surface area contributed by atoms with Crippen molar-refractivity contribution in [2.45, 2.75) is 0 Å². The fraction of sp³-hybridized carbons (Fsp3) is 0. The third-order valence-electron chi connectivity index (χ3n) is 5.52. The molecule has 0 heterocycles. The second-order valence-electron chi connectivity index (χ2n) is 8.02. The minimum Gasteiger partial charge on any atom is -0.545 e. The molecule has 8 nitrogen and oxygen atoms in total. The number of carboxylic acid groups (broad SMARTS) is 2. The number of benzene rings is 4. The van der Waals surface area contributed by atoms with Crippen LogP contribution in [0.4, 0.5) is 20.2 Å². The number of hydrogen-bond acceptors (Lipinski definition) is 6. The molecule has 0 spiro atoms. The average Bonchev–Trinajstić information content (AvgIpc) is 2.89. The molecule has 190 valence electrons. The first-order chi connectivity index (χ1) is 18.1. The monoisotopic (exact) mass is 514 g/mol. The SMILES string of the molecule is O=C(Nc1ccc(-c2ccc(NC(=O)c3ccc(F)cc3)c(C(=O)[O-])c2)cc1C(=O)[O-])c1ccc(F)cc1. The highest BCUT2D eigenvalue weighted by Gasteiger charge is 2.15. The first-order valence-electron chi connectivity index (χ1n) is 11.0. The molecule has 0 unspecified atom stereocenters. The number of carbonyl (C=O) groups excluding carboxylic acids is 4. The predicted octanol–water partition coefficient (Wildman–Crippen LogP) is 2.86. The van der Waals surface area contributed by atoms with E-state index in [2.05, 4.69) is 10.6 Å². The van der Waals surface area contributed by atoms with E-state index in [1.54, 1.807) is 0 Å². The number of nitrogens with one attached hydrogen (secondary N) is 2. The van der Waals surface area contributed by atoms with Crippen molar-refractivity contribution in [3.63, 3.8) is 0 Å². The Labute approximate surface area is 214 Å². The van der Waals surface area contributed by atoms with Crippen molar-refractivity contribution in [3.8, 4) is 11.1 Å². The maximum atomic E-state index is 13.1. The number of amides is 2. The molecule has 2 N–H and O–H groups in total. The standard InChI is InChI=1S/C28H18F2N2O6/c29-19-7-1-15(2-8-19)25(33)31-23-11-5-17(13-21(23)27(35)36)18-6-12-24(22(14-18)28(37)38)32-26(34)16-3-9-20(30)10-4-16/h1-14H,(H,31,33)(H,32,34)(H,35,36)(H,37,38)/p-2. The van der Waals surface area contributed by atoms with E-state index < -0.39 is 35.4 Å². The second-order valence-corrected chi connectivity index (χ2v) is 8.02. The van der Waals surface area contributed by atoms with Gasteiger partial charge in [-0.15, -0.1) is 0 Å². The van der Waals surface area contributed by atoms with Crippen LogP contribution in [-0.4, -0.2) is 23.8 Å². The van der Waals surface area contributed by atoms with Crippen LogP contribution in [0.3, 0.4) is 0 Å². The minimum atomic E-state index is -1.61. The normalized spacial score (nSPS) is 10.5. The van der Waals surface area contributed by atoms with E-state index in [-0.39, 0.29) is 44.8 Å². The van der Waals surface area contributed by atoms with E-state index in [9.17, 15) is 38.2 Å². The number of carboxylic acids is 2. The zero-order chi connectivity index (χ0) is 27.4. The highest BCUT2D eigenvalue weighted by Crippen LogP contribution is 2.29. The number of rotatable bonds is 7. The summed E-state index contributed by atoms with van der Waals surface area (Å²) in [6.45, 7) is 0. The summed E-state index contributed by atoms with van der Waals surface area (Å²) < 4.78 is 26.2. The van der Waals surface area contributed by atoms with E-state index >= 15 is 0 Å². The molecule has 0 bridgehead atoms. The summed E-state index contributed by atoms with van der Waals surface area (Å²) >= 11 is 0. The third-order valence-corrected chi connectivity index (χ3v) is 5.52. The van der Waals surface area contributed by atoms with Gasteiger partial charge in [-0.05, 0) is 83.9 Å². The Balaban J connectivity index is 1.63. The van der Waals surface area contributed by atoms with Crippen molar-refractivity contribution >= 4 is 35.1 Å². The molecule has 0 atom stereocenters. The van der Waals surface area contributed by atoms with Crippen molar-refractivity contribution in [1.82, 2.24) is 0 Å². The predicted molar refractivity (Wildman–Crippen MR) is 129 cm³/mol. The van der Waals surface area contributed by atoms with E-state index in [4.69, 9.17) is 0 Å². The first kappa shape index (κ1) is 25.7. The molecular weight excluding hydrogens is 498 g/mol. The van der Waals surface area contributed by atoms with Gasteiger partial charge in [-0.2, -0.15) is 0 Å². The Kier molecular flexibility index (Phi) is 7.24. The Hall–Kier alpha value is -5.38. The van der Waals surface area contributed by atoms with Crippen LogP contribution in [0.1, 0.15) is 41.4 Å². The summed E-state index contributed by atoms with van der Waals surface area (Å²) in [6, 6.07) is 17.1. The molecule has 38 heavy (non-hydrogen) atoms.